The Morgan fingerprint density at radius 1 is 1.12 bits per heavy atom. The molecule has 24 heavy (non-hydrogen) atoms. The molecule has 0 aliphatic heterocycles. The van der Waals surface area contributed by atoms with Crippen molar-refractivity contribution in [1.29, 1.82) is 0 Å². The lowest BCUT2D eigenvalue weighted by Crippen LogP contribution is -2.15. The van der Waals surface area contributed by atoms with Crippen molar-refractivity contribution in [1.82, 2.24) is 24.7 Å². The number of nitrogens with zero attached hydrogens (tertiary/aromatic N) is 5. The van der Waals surface area contributed by atoms with Gasteiger partial charge < -0.3 is 5.32 Å². The Hall–Kier alpha value is -3.18. The molecular formula is C13H11N7O3S. The minimum absolute atomic E-state index is 0.0745. The third-order valence-corrected chi connectivity index (χ3v) is 3.92. The Balaban J connectivity index is 1.79. The van der Waals surface area contributed by atoms with Gasteiger partial charge in [-0.2, -0.15) is 5.10 Å². The van der Waals surface area contributed by atoms with Crippen LogP contribution in [0.2, 0.25) is 0 Å². The number of sulfonamides is 1. The van der Waals surface area contributed by atoms with Crippen LogP contribution in [0.25, 0.3) is 5.82 Å². The number of rotatable bonds is 4. The number of nitrogens with two attached hydrogens (primary N) is 1. The average molecular weight is 345 g/mol. The maximum absolute atomic E-state index is 12.2. The molecule has 10 nitrogen and oxygen atoms in total. The van der Waals surface area contributed by atoms with Crippen LogP contribution in [0.4, 0.5) is 5.82 Å². The normalized spacial score (nSPS) is 11.2. The monoisotopic (exact) mass is 345 g/mol. The van der Waals surface area contributed by atoms with E-state index in [1.165, 1.54) is 54.0 Å². The van der Waals surface area contributed by atoms with E-state index in [1.54, 1.807) is 0 Å². The number of anilines is 1. The summed E-state index contributed by atoms with van der Waals surface area (Å²) >= 11 is 0. The maximum Gasteiger partial charge on any atom is 0.256 e. The van der Waals surface area contributed by atoms with Gasteiger partial charge in [0.15, 0.2) is 5.82 Å². The van der Waals surface area contributed by atoms with Crippen LogP contribution in [0.3, 0.4) is 0 Å². The zero-order valence-electron chi connectivity index (χ0n) is 12.1. The molecular weight excluding hydrogens is 334 g/mol. The average Bonchev–Trinajstić information content (AvgIpc) is 3.09. The molecule has 1 amide bonds. The zero-order chi connectivity index (χ0) is 17.2. The number of aromatic nitrogens is 5. The van der Waals surface area contributed by atoms with Gasteiger partial charge in [0.1, 0.15) is 24.8 Å². The van der Waals surface area contributed by atoms with Gasteiger partial charge in [-0.1, -0.05) is 0 Å². The van der Waals surface area contributed by atoms with E-state index in [0.717, 1.165) is 0 Å². The highest BCUT2D eigenvalue weighted by atomic mass is 32.2. The third kappa shape index (κ3) is 3.42. The first-order chi connectivity index (χ1) is 11.4. The maximum atomic E-state index is 12.2. The molecule has 1 aromatic carbocycles. The van der Waals surface area contributed by atoms with Gasteiger partial charge in [0.2, 0.25) is 10.0 Å². The molecule has 2 heterocycles. The number of carbonyl (C=O) groups is 1. The van der Waals surface area contributed by atoms with Gasteiger partial charge in [-0.3, -0.25) is 4.79 Å². The molecule has 0 unspecified atom stereocenters. The number of primary sulfonamides is 1. The van der Waals surface area contributed by atoms with Crippen molar-refractivity contribution in [3.8, 4) is 5.82 Å². The molecule has 122 valence electrons. The quantitative estimate of drug-likeness (QED) is 0.674. The Morgan fingerprint density at radius 3 is 2.50 bits per heavy atom. The van der Waals surface area contributed by atoms with E-state index >= 15 is 0 Å². The number of hydrogen-bond donors (Lipinski definition) is 2. The lowest BCUT2D eigenvalue weighted by molar-refractivity contribution is 0.102. The standard InChI is InChI=1S/C13H11N7O3S/c14-24(22,23)10-3-1-9(2-4-10)13(21)19-11-5-12(17-7-16-11)20-8-15-6-18-20/h1-8H,(H2,14,22,23)(H,16,17,19,21). The summed E-state index contributed by atoms with van der Waals surface area (Å²) in [7, 11) is -3.80. The van der Waals surface area contributed by atoms with Crippen molar-refractivity contribution >= 4 is 21.7 Å². The first-order valence-corrected chi connectivity index (χ1v) is 8.09. The molecule has 3 N–H and O–H groups in total. The van der Waals surface area contributed by atoms with Crippen molar-refractivity contribution in [3.05, 3.63) is 54.9 Å². The molecule has 0 saturated carbocycles. The van der Waals surface area contributed by atoms with Gasteiger partial charge in [-0.15, -0.1) is 0 Å². The number of nitrogens with one attached hydrogen (secondary N) is 1. The van der Waals surface area contributed by atoms with Crippen molar-refractivity contribution in [2.24, 2.45) is 5.14 Å². The molecule has 0 aliphatic carbocycles. The number of hydrogen-bond acceptors (Lipinski definition) is 7. The Kier molecular flexibility index (Phi) is 4.02. The molecule has 0 bridgehead atoms. The predicted molar refractivity (Wildman–Crippen MR) is 82.7 cm³/mol. The molecule has 3 rings (SSSR count). The van der Waals surface area contributed by atoms with Gasteiger partial charge in [0.25, 0.3) is 5.91 Å². The fourth-order valence-electron chi connectivity index (χ4n) is 1.85. The second-order valence-corrected chi connectivity index (χ2v) is 6.19. The first kappa shape index (κ1) is 15.7. The number of carbonyl (C=O) groups excluding carboxylic acids is 1. The summed E-state index contributed by atoms with van der Waals surface area (Å²) in [5, 5.41) is 11.5. The molecule has 0 radical (unpaired) electrons. The largest absolute Gasteiger partial charge is 0.306 e. The van der Waals surface area contributed by atoms with Crippen molar-refractivity contribution in [3.63, 3.8) is 0 Å². The zero-order valence-corrected chi connectivity index (χ0v) is 12.9. The Labute approximate surface area is 136 Å². The van der Waals surface area contributed by atoms with Crippen LogP contribution in [0.5, 0.6) is 0 Å². The summed E-state index contributed by atoms with van der Waals surface area (Å²) in [5.41, 5.74) is 0.253. The molecule has 11 heteroatoms. The summed E-state index contributed by atoms with van der Waals surface area (Å²) < 4.78 is 23.8. The lowest BCUT2D eigenvalue weighted by atomic mass is 10.2. The molecule has 0 fully saturated rings. The summed E-state index contributed by atoms with van der Waals surface area (Å²) in [6, 6.07) is 6.74. The van der Waals surface area contributed by atoms with Crippen LogP contribution in [-0.4, -0.2) is 39.1 Å². The number of benzene rings is 1. The molecule has 3 aromatic rings. The highest BCUT2D eigenvalue weighted by Crippen LogP contribution is 2.12. The van der Waals surface area contributed by atoms with Crippen LogP contribution in [0, 0.1) is 0 Å². The Morgan fingerprint density at radius 2 is 1.88 bits per heavy atom. The lowest BCUT2D eigenvalue weighted by Gasteiger charge is -2.06. The second kappa shape index (κ2) is 6.14. The SMILES string of the molecule is NS(=O)(=O)c1ccc(C(=O)Nc2cc(-n3cncn3)ncn2)cc1. The highest BCUT2D eigenvalue weighted by molar-refractivity contribution is 7.89. The molecule has 0 spiro atoms. The van der Waals surface area contributed by atoms with E-state index in [0.29, 0.717) is 5.82 Å². The topological polar surface area (TPSA) is 146 Å². The van der Waals surface area contributed by atoms with E-state index in [2.05, 4.69) is 25.4 Å². The van der Waals surface area contributed by atoms with Gasteiger partial charge >= 0.3 is 0 Å². The minimum atomic E-state index is -3.80. The number of amides is 1. The highest BCUT2D eigenvalue weighted by Gasteiger charge is 2.11. The van der Waals surface area contributed by atoms with Crippen LogP contribution in [-0.2, 0) is 10.0 Å². The second-order valence-electron chi connectivity index (χ2n) is 4.63. The van der Waals surface area contributed by atoms with E-state index in [4.69, 9.17) is 5.14 Å². The first-order valence-electron chi connectivity index (χ1n) is 6.55. The van der Waals surface area contributed by atoms with E-state index in [-0.39, 0.29) is 16.3 Å². The van der Waals surface area contributed by atoms with Crippen molar-refractivity contribution < 1.29 is 13.2 Å². The van der Waals surface area contributed by atoms with Gasteiger partial charge in [0, 0.05) is 11.6 Å². The van der Waals surface area contributed by atoms with Gasteiger partial charge in [0.05, 0.1) is 4.90 Å². The van der Waals surface area contributed by atoms with E-state index in [9.17, 15) is 13.2 Å². The fourth-order valence-corrected chi connectivity index (χ4v) is 2.37. The van der Waals surface area contributed by atoms with Crippen molar-refractivity contribution in [2.45, 2.75) is 4.90 Å². The van der Waals surface area contributed by atoms with Gasteiger partial charge in [-0.25, -0.2) is 33.2 Å². The summed E-state index contributed by atoms with van der Waals surface area (Å²) in [5.74, 6) is 0.234. The molecule has 0 saturated heterocycles. The van der Waals surface area contributed by atoms with Crippen molar-refractivity contribution in [2.75, 3.05) is 5.32 Å². The van der Waals surface area contributed by atoms with E-state index in [1.807, 2.05) is 0 Å². The van der Waals surface area contributed by atoms with Crippen LogP contribution in [0.15, 0.2) is 54.2 Å². The predicted octanol–water partition coefficient (Wildman–Crippen LogP) is -0.0430. The molecule has 0 aliphatic rings. The van der Waals surface area contributed by atoms with Gasteiger partial charge in [-0.05, 0) is 24.3 Å². The fraction of sp³-hybridized carbons (Fsp3) is 0. The smallest absolute Gasteiger partial charge is 0.256 e. The van der Waals surface area contributed by atoms with Crippen LogP contribution in [0.1, 0.15) is 10.4 Å². The van der Waals surface area contributed by atoms with E-state index < -0.39 is 15.9 Å². The molecule has 0 atom stereocenters. The minimum Gasteiger partial charge on any atom is -0.306 e. The Bertz CT molecular complexity index is 969. The summed E-state index contributed by atoms with van der Waals surface area (Å²) in [6.45, 7) is 0. The van der Waals surface area contributed by atoms with Crippen LogP contribution < -0.4 is 10.5 Å². The van der Waals surface area contributed by atoms with Crippen LogP contribution >= 0.6 is 0 Å². The third-order valence-electron chi connectivity index (χ3n) is 2.99. The summed E-state index contributed by atoms with van der Waals surface area (Å²) in [4.78, 5) is 23.9. The summed E-state index contributed by atoms with van der Waals surface area (Å²) in [6.07, 6.45) is 4.09. The molecule has 2 aromatic heterocycles.